The van der Waals surface area contributed by atoms with Crippen LogP contribution in [0.5, 0.6) is 0 Å². The van der Waals surface area contributed by atoms with Gasteiger partial charge in [0, 0.05) is 24.0 Å². The molecular weight excluding hydrogens is 194 g/mol. The third kappa shape index (κ3) is 1.67. The number of nitrogens with zero attached hydrogens (tertiary/aromatic N) is 2. The van der Waals surface area contributed by atoms with Crippen LogP contribution in [-0.4, -0.2) is 31.1 Å². The zero-order valence-corrected chi connectivity index (χ0v) is 8.92. The monoisotopic (exact) mass is 207 g/mol. The van der Waals surface area contributed by atoms with E-state index in [1.807, 2.05) is 24.6 Å². The largest absolute Gasteiger partial charge is 0.314 e. The summed E-state index contributed by atoms with van der Waals surface area (Å²) in [4.78, 5) is 3.30. The molecule has 2 rings (SSSR count). The first-order valence-electron chi connectivity index (χ1n) is 4.68. The molecule has 0 amide bonds. The molecule has 0 aromatic carbocycles. The van der Waals surface area contributed by atoms with Gasteiger partial charge in [-0.1, -0.05) is 6.07 Å². The summed E-state index contributed by atoms with van der Waals surface area (Å²) in [6, 6.07) is 6.82. The molecule has 14 heavy (non-hydrogen) atoms. The molecule has 1 unspecified atom stereocenters. The average Bonchev–Trinajstić information content (AvgIpc) is 2.55. The molecule has 1 aromatic heterocycles. The van der Waals surface area contributed by atoms with E-state index in [1.165, 1.54) is 0 Å². The zero-order valence-electron chi connectivity index (χ0n) is 8.10. The highest BCUT2D eigenvalue weighted by atomic mass is 32.1. The second-order valence-electron chi connectivity index (χ2n) is 3.52. The Morgan fingerprint density at radius 1 is 1.71 bits per heavy atom. The van der Waals surface area contributed by atoms with Crippen LogP contribution in [-0.2, 0) is 0 Å². The molecule has 2 heterocycles. The van der Waals surface area contributed by atoms with Gasteiger partial charge in [0.05, 0.1) is 6.07 Å². The average molecular weight is 207 g/mol. The van der Waals surface area contributed by atoms with E-state index >= 15 is 0 Å². The SMILES string of the molecule is CN(C1CNC1)C(C#N)c1cccs1. The Morgan fingerprint density at radius 3 is 2.93 bits per heavy atom. The fourth-order valence-electron chi connectivity index (χ4n) is 1.57. The topological polar surface area (TPSA) is 39.1 Å². The lowest BCUT2D eigenvalue weighted by Gasteiger charge is -2.37. The van der Waals surface area contributed by atoms with Crippen molar-refractivity contribution in [3.63, 3.8) is 0 Å². The van der Waals surface area contributed by atoms with E-state index in [0.29, 0.717) is 6.04 Å². The third-order valence-electron chi connectivity index (χ3n) is 2.68. The summed E-state index contributed by atoms with van der Waals surface area (Å²) in [6.07, 6.45) is 0. The number of hydrogen-bond acceptors (Lipinski definition) is 4. The van der Waals surface area contributed by atoms with E-state index in [0.717, 1.165) is 18.0 Å². The van der Waals surface area contributed by atoms with E-state index in [2.05, 4.69) is 16.3 Å². The number of thiophene rings is 1. The molecule has 1 aliphatic heterocycles. The summed E-state index contributed by atoms with van der Waals surface area (Å²) < 4.78 is 0. The highest BCUT2D eigenvalue weighted by molar-refractivity contribution is 7.10. The van der Waals surface area contributed by atoms with Crippen molar-refractivity contribution in [2.45, 2.75) is 12.1 Å². The van der Waals surface area contributed by atoms with Crippen molar-refractivity contribution >= 4 is 11.3 Å². The second-order valence-corrected chi connectivity index (χ2v) is 4.50. The van der Waals surface area contributed by atoms with Crippen LogP contribution in [0.4, 0.5) is 0 Å². The van der Waals surface area contributed by atoms with Crippen molar-refractivity contribution in [3.05, 3.63) is 22.4 Å². The molecule has 0 bridgehead atoms. The maximum Gasteiger partial charge on any atom is 0.133 e. The predicted octanol–water partition coefficient (Wildman–Crippen LogP) is 1.22. The van der Waals surface area contributed by atoms with Crippen molar-refractivity contribution in [1.29, 1.82) is 5.26 Å². The lowest BCUT2D eigenvalue weighted by atomic mass is 10.1. The Kier molecular flexibility index (Phi) is 2.82. The van der Waals surface area contributed by atoms with Gasteiger partial charge in [-0.15, -0.1) is 11.3 Å². The van der Waals surface area contributed by atoms with Crippen LogP contribution in [0, 0.1) is 11.3 Å². The van der Waals surface area contributed by atoms with Gasteiger partial charge >= 0.3 is 0 Å². The minimum Gasteiger partial charge on any atom is -0.314 e. The van der Waals surface area contributed by atoms with Crippen LogP contribution in [0.1, 0.15) is 10.9 Å². The number of nitrogens with one attached hydrogen (secondary N) is 1. The third-order valence-corrected chi connectivity index (χ3v) is 3.60. The maximum absolute atomic E-state index is 9.13. The molecule has 1 fully saturated rings. The van der Waals surface area contributed by atoms with Gasteiger partial charge in [-0.3, -0.25) is 4.90 Å². The molecule has 1 saturated heterocycles. The van der Waals surface area contributed by atoms with Crippen LogP contribution < -0.4 is 5.32 Å². The molecule has 1 atom stereocenters. The van der Waals surface area contributed by atoms with Gasteiger partial charge in [0.1, 0.15) is 6.04 Å². The lowest BCUT2D eigenvalue weighted by molar-refractivity contribution is 0.155. The summed E-state index contributed by atoms with van der Waals surface area (Å²) in [5.74, 6) is 0. The first kappa shape index (κ1) is 9.66. The van der Waals surface area contributed by atoms with Crippen LogP contribution in [0.2, 0.25) is 0 Å². The Morgan fingerprint density at radius 2 is 2.50 bits per heavy atom. The molecule has 0 aliphatic carbocycles. The fourth-order valence-corrected chi connectivity index (χ4v) is 2.39. The van der Waals surface area contributed by atoms with Gasteiger partial charge in [0.25, 0.3) is 0 Å². The Hall–Kier alpha value is -0.890. The van der Waals surface area contributed by atoms with Crippen LogP contribution >= 0.6 is 11.3 Å². The lowest BCUT2D eigenvalue weighted by Crippen LogP contribution is -2.56. The van der Waals surface area contributed by atoms with E-state index in [4.69, 9.17) is 5.26 Å². The summed E-state index contributed by atoms with van der Waals surface area (Å²) in [5.41, 5.74) is 0. The van der Waals surface area contributed by atoms with Gasteiger partial charge < -0.3 is 5.32 Å². The molecule has 0 saturated carbocycles. The zero-order chi connectivity index (χ0) is 9.97. The van der Waals surface area contributed by atoms with Crippen LogP contribution in [0.25, 0.3) is 0 Å². The minimum atomic E-state index is -0.0814. The molecular formula is C10H13N3S. The minimum absolute atomic E-state index is 0.0814. The molecule has 1 N–H and O–H groups in total. The Labute approximate surface area is 88.0 Å². The van der Waals surface area contributed by atoms with Crippen molar-refractivity contribution < 1.29 is 0 Å². The smallest absolute Gasteiger partial charge is 0.133 e. The van der Waals surface area contributed by atoms with Crippen LogP contribution in [0.15, 0.2) is 17.5 Å². The van der Waals surface area contributed by atoms with Gasteiger partial charge in [-0.05, 0) is 18.5 Å². The van der Waals surface area contributed by atoms with Crippen molar-refractivity contribution in [2.75, 3.05) is 20.1 Å². The quantitative estimate of drug-likeness (QED) is 0.810. The van der Waals surface area contributed by atoms with E-state index in [1.54, 1.807) is 11.3 Å². The van der Waals surface area contributed by atoms with Crippen molar-refractivity contribution in [1.82, 2.24) is 10.2 Å². The first-order chi connectivity index (χ1) is 6.83. The second kappa shape index (κ2) is 4.09. The number of nitriles is 1. The number of rotatable bonds is 3. The fraction of sp³-hybridized carbons (Fsp3) is 0.500. The summed E-state index contributed by atoms with van der Waals surface area (Å²) in [7, 11) is 2.03. The Bertz CT molecular complexity index is 324. The standard InChI is InChI=1S/C10H13N3S/c1-13(8-6-12-7-8)9(5-11)10-3-2-4-14-10/h2-4,8-9,12H,6-7H2,1H3. The Balaban J connectivity index is 2.09. The first-order valence-corrected chi connectivity index (χ1v) is 5.56. The maximum atomic E-state index is 9.13. The summed E-state index contributed by atoms with van der Waals surface area (Å²) in [6.45, 7) is 2.00. The molecule has 4 heteroatoms. The van der Waals surface area contributed by atoms with Gasteiger partial charge in [-0.25, -0.2) is 0 Å². The van der Waals surface area contributed by atoms with Crippen molar-refractivity contribution in [3.8, 4) is 6.07 Å². The van der Waals surface area contributed by atoms with Crippen molar-refractivity contribution in [2.24, 2.45) is 0 Å². The molecule has 0 spiro atoms. The normalized spacial score (nSPS) is 18.9. The van der Waals surface area contributed by atoms with E-state index in [-0.39, 0.29) is 6.04 Å². The number of hydrogen-bond donors (Lipinski definition) is 1. The highest BCUT2D eigenvalue weighted by Gasteiger charge is 2.28. The highest BCUT2D eigenvalue weighted by Crippen LogP contribution is 2.25. The van der Waals surface area contributed by atoms with E-state index in [9.17, 15) is 0 Å². The van der Waals surface area contributed by atoms with E-state index < -0.39 is 0 Å². The van der Waals surface area contributed by atoms with Gasteiger partial charge in [-0.2, -0.15) is 5.26 Å². The molecule has 1 aliphatic rings. The molecule has 74 valence electrons. The number of likely N-dealkylation sites (N-methyl/N-ethyl adjacent to an activating group) is 1. The van der Waals surface area contributed by atoms with Crippen LogP contribution in [0.3, 0.4) is 0 Å². The van der Waals surface area contributed by atoms with Gasteiger partial charge in [0.15, 0.2) is 0 Å². The molecule has 0 radical (unpaired) electrons. The molecule has 3 nitrogen and oxygen atoms in total. The predicted molar refractivity (Wildman–Crippen MR) is 57.1 cm³/mol. The van der Waals surface area contributed by atoms with Gasteiger partial charge in [0.2, 0.25) is 0 Å². The summed E-state index contributed by atoms with van der Waals surface area (Å²) in [5, 5.41) is 14.4. The molecule has 1 aromatic rings. The summed E-state index contributed by atoms with van der Waals surface area (Å²) >= 11 is 1.65.